The van der Waals surface area contributed by atoms with E-state index in [0.717, 1.165) is 0 Å². The first kappa shape index (κ1) is 9.46. The highest BCUT2D eigenvalue weighted by molar-refractivity contribution is 7.82. The molecule has 1 aliphatic rings. The molecule has 0 fully saturated rings. The first-order chi connectivity index (χ1) is 5.51. The zero-order valence-corrected chi connectivity index (χ0v) is 8.68. The number of allylic oxidation sites excluding steroid dienone is 3. The number of thiol groups is 1. The van der Waals surface area contributed by atoms with Crippen molar-refractivity contribution in [3.05, 3.63) is 36.1 Å². The van der Waals surface area contributed by atoms with Crippen LogP contribution in [0, 0.1) is 0 Å². The largest absolute Gasteiger partial charge is 0.378 e. The van der Waals surface area contributed by atoms with Crippen molar-refractivity contribution in [1.82, 2.24) is 4.90 Å². The van der Waals surface area contributed by atoms with Gasteiger partial charge in [0.05, 0.1) is 0 Å². The van der Waals surface area contributed by atoms with Gasteiger partial charge >= 0.3 is 0 Å². The fourth-order valence-corrected chi connectivity index (χ4v) is 1.17. The number of nitrogens with zero attached hydrogens (tertiary/aromatic N) is 1. The summed E-state index contributed by atoms with van der Waals surface area (Å²) in [6.07, 6.45) is 10.4. The standard InChI is InChI=1S/C10H15NS/c1-10(12)7-4-5-9(6-8-10)11(2)3/h4-8,12H,1-3H3. The summed E-state index contributed by atoms with van der Waals surface area (Å²) in [5.74, 6) is 0. The van der Waals surface area contributed by atoms with E-state index in [0.29, 0.717) is 0 Å². The van der Waals surface area contributed by atoms with Crippen LogP contribution < -0.4 is 0 Å². The van der Waals surface area contributed by atoms with Crippen LogP contribution in [0.4, 0.5) is 0 Å². The molecule has 12 heavy (non-hydrogen) atoms. The van der Waals surface area contributed by atoms with Crippen LogP contribution in [0.1, 0.15) is 6.92 Å². The van der Waals surface area contributed by atoms with Crippen LogP contribution in [0.15, 0.2) is 36.1 Å². The summed E-state index contributed by atoms with van der Waals surface area (Å²) in [4.78, 5) is 2.08. The molecular formula is C10H15NS. The van der Waals surface area contributed by atoms with Crippen molar-refractivity contribution >= 4 is 12.6 Å². The van der Waals surface area contributed by atoms with Crippen LogP contribution in [-0.2, 0) is 0 Å². The molecule has 1 atom stereocenters. The van der Waals surface area contributed by atoms with Crippen molar-refractivity contribution in [2.45, 2.75) is 11.7 Å². The number of rotatable bonds is 1. The molecule has 0 aliphatic heterocycles. The number of likely N-dealkylation sites (N-methyl/N-ethyl adjacent to an activating group) is 1. The van der Waals surface area contributed by atoms with Gasteiger partial charge in [-0.25, -0.2) is 0 Å². The lowest BCUT2D eigenvalue weighted by Crippen LogP contribution is -2.10. The van der Waals surface area contributed by atoms with Gasteiger partial charge in [0.15, 0.2) is 0 Å². The van der Waals surface area contributed by atoms with Crippen LogP contribution >= 0.6 is 12.6 Å². The average Bonchev–Trinajstić information content (AvgIpc) is 2.10. The van der Waals surface area contributed by atoms with E-state index in [1.807, 2.05) is 20.2 Å². The van der Waals surface area contributed by atoms with E-state index >= 15 is 0 Å². The molecule has 0 aromatic carbocycles. The zero-order chi connectivity index (χ0) is 9.19. The summed E-state index contributed by atoms with van der Waals surface area (Å²) < 4.78 is -0.117. The SMILES string of the molecule is CN(C)C1=CC=CC(C)(S)C=C1. The summed E-state index contributed by atoms with van der Waals surface area (Å²) in [7, 11) is 4.07. The molecule has 0 amide bonds. The predicted molar refractivity (Wildman–Crippen MR) is 57.4 cm³/mol. The Balaban J connectivity index is 2.86. The van der Waals surface area contributed by atoms with Gasteiger partial charge in [-0.15, -0.1) is 0 Å². The lowest BCUT2D eigenvalue weighted by Gasteiger charge is -2.14. The zero-order valence-electron chi connectivity index (χ0n) is 7.78. The fourth-order valence-electron chi connectivity index (χ4n) is 1.00. The van der Waals surface area contributed by atoms with Gasteiger partial charge < -0.3 is 4.90 Å². The molecule has 0 aromatic rings. The van der Waals surface area contributed by atoms with Gasteiger partial charge in [0, 0.05) is 24.5 Å². The maximum absolute atomic E-state index is 4.47. The van der Waals surface area contributed by atoms with Crippen molar-refractivity contribution in [1.29, 1.82) is 0 Å². The maximum atomic E-state index is 4.47. The quantitative estimate of drug-likeness (QED) is 0.607. The van der Waals surface area contributed by atoms with Gasteiger partial charge in [-0.3, -0.25) is 0 Å². The smallest absolute Gasteiger partial charge is 0.0467 e. The molecule has 1 rings (SSSR count). The minimum absolute atomic E-state index is 0.117. The van der Waals surface area contributed by atoms with E-state index in [-0.39, 0.29) is 4.75 Å². The summed E-state index contributed by atoms with van der Waals surface area (Å²) in [6.45, 7) is 2.07. The van der Waals surface area contributed by atoms with Gasteiger partial charge in [0.2, 0.25) is 0 Å². The second-order valence-corrected chi connectivity index (χ2v) is 4.37. The molecule has 66 valence electrons. The average molecular weight is 181 g/mol. The third-order valence-corrected chi connectivity index (χ3v) is 2.11. The molecule has 0 radical (unpaired) electrons. The molecule has 0 saturated heterocycles. The summed E-state index contributed by atoms with van der Waals surface area (Å²) in [5, 5.41) is 0. The number of hydrogen-bond donors (Lipinski definition) is 1. The van der Waals surface area contributed by atoms with Crippen LogP contribution in [-0.4, -0.2) is 23.7 Å². The maximum Gasteiger partial charge on any atom is 0.0467 e. The lowest BCUT2D eigenvalue weighted by atomic mass is 10.1. The third kappa shape index (κ3) is 2.45. The summed E-state index contributed by atoms with van der Waals surface area (Å²) in [6, 6.07) is 0. The van der Waals surface area contributed by atoms with E-state index in [4.69, 9.17) is 0 Å². The molecule has 0 bridgehead atoms. The molecule has 0 aromatic heterocycles. The number of hydrogen-bond acceptors (Lipinski definition) is 2. The van der Waals surface area contributed by atoms with E-state index < -0.39 is 0 Å². The highest BCUT2D eigenvalue weighted by Gasteiger charge is 2.11. The molecule has 1 unspecified atom stereocenters. The van der Waals surface area contributed by atoms with Crippen molar-refractivity contribution in [2.75, 3.05) is 14.1 Å². The van der Waals surface area contributed by atoms with Crippen molar-refractivity contribution in [2.24, 2.45) is 0 Å². The van der Waals surface area contributed by atoms with Gasteiger partial charge in [-0.2, -0.15) is 12.6 Å². The van der Waals surface area contributed by atoms with Crippen molar-refractivity contribution in [3.8, 4) is 0 Å². The topological polar surface area (TPSA) is 3.24 Å². The van der Waals surface area contributed by atoms with Crippen LogP contribution in [0.5, 0.6) is 0 Å². The first-order valence-corrected chi connectivity index (χ1v) is 4.44. The van der Waals surface area contributed by atoms with Gasteiger partial charge in [-0.05, 0) is 19.1 Å². The molecule has 2 heteroatoms. The molecule has 0 heterocycles. The molecule has 0 N–H and O–H groups in total. The Hall–Kier alpha value is -0.630. The second-order valence-electron chi connectivity index (χ2n) is 3.40. The minimum atomic E-state index is -0.117. The predicted octanol–water partition coefficient (Wildman–Crippen LogP) is 2.25. The molecule has 1 aliphatic carbocycles. The second kappa shape index (κ2) is 3.40. The molecule has 1 nitrogen and oxygen atoms in total. The Morgan fingerprint density at radius 2 is 2.00 bits per heavy atom. The summed E-state index contributed by atoms with van der Waals surface area (Å²) in [5.41, 5.74) is 1.20. The van der Waals surface area contributed by atoms with Crippen LogP contribution in [0.3, 0.4) is 0 Å². The van der Waals surface area contributed by atoms with Gasteiger partial charge in [0.1, 0.15) is 0 Å². The lowest BCUT2D eigenvalue weighted by molar-refractivity contribution is 0.530. The first-order valence-electron chi connectivity index (χ1n) is 4.00. The van der Waals surface area contributed by atoms with Crippen LogP contribution in [0.2, 0.25) is 0 Å². The summed E-state index contributed by atoms with van der Waals surface area (Å²) >= 11 is 4.47. The van der Waals surface area contributed by atoms with E-state index in [9.17, 15) is 0 Å². The monoisotopic (exact) mass is 181 g/mol. The third-order valence-electron chi connectivity index (χ3n) is 1.81. The van der Waals surface area contributed by atoms with Gasteiger partial charge in [0.25, 0.3) is 0 Å². The molecule has 0 saturated carbocycles. The van der Waals surface area contributed by atoms with Gasteiger partial charge in [-0.1, -0.05) is 18.2 Å². The molecular weight excluding hydrogens is 166 g/mol. The van der Waals surface area contributed by atoms with Crippen molar-refractivity contribution < 1.29 is 0 Å². The van der Waals surface area contributed by atoms with E-state index in [1.165, 1.54) is 5.70 Å². The van der Waals surface area contributed by atoms with Crippen molar-refractivity contribution in [3.63, 3.8) is 0 Å². The highest BCUT2D eigenvalue weighted by Crippen LogP contribution is 2.21. The Labute approximate surface area is 79.9 Å². The Morgan fingerprint density at radius 1 is 1.33 bits per heavy atom. The van der Waals surface area contributed by atoms with Crippen LogP contribution in [0.25, 0.3) is 0 Å². The van der Waals surface area contributed by atoms with E-state index in [1.54, 1.807) is 0 Å². The Kier molecular flexibility index (Phi) is 2.68. The molecule has 0 spiro atoms. The Morgan fingerprint density at radius 3 is 2.58 bits per heavy atom. The fraction of sp³-hybridized carbons (Fsp3) is 0.400. The normalized spacial score (nSPS) is 28.2. The van der Waals surface area contributed by atoms with E-state index in [2.05, 4.69) is 48.8 Å². The Bertz CT molecular complexity index is 247. The highest BCUT2D eigenvalue weighted by atomic mass is 32.1. The minimum Gasteiger partial charge on any atom is -0.378 e.